The maximum atomic E-state index is 11.8. The molecule has 1 amide bonds. The molecule has 142 valence electrons. The number of carbonyl (C=O) groups excluding carboxylic acids is 1. The van der Waals surface area contributed by atoms with Gasteiger partial charge >= 0.3 is 6.09 Å². The number of alkyl carbamates (subject to hydrolysis) is 1. The third kappa shape index (κ3) is 2.62. The highest BCUT2D eigenvalue weighted by Crippen LogP contribution is 2.66. The summed E-state index contributed by atoms with van der Waals surface area (Å²) in [6.07, 6.45) is 10.3. The summed E-state index contributed by atoms with van der Waals surface area (Å²) in [5.41, 5.74) is 0.657. The summed E-state index contributed by atoms with van der Waals surface area (Å²) in [6, 6.07) is 0.268. The number of carbonyl (C=O) groups is 1. The highest BCUT2D eigenvalue weighted by molar-refractivity contribution is 5.67. The summed E-state index contributed by atoms with van der Waals surface area (Å²) in [4.78, 5) is 11.8. The van der Waals surface area contributed by atoms with Crippen molar-refractivity contribution in [2.75, 3.05) is 7.11 Å². The Morgan fingerprint density at radius 1 is 1.00 bits per heavy atom. The van der Waals surface area contributed by atoms with E-state index in [-0.39, 0.29) is 23.7 Å². The Bertz CT molecular complexity index is 537. The molecule has 8 atom stereocenters. The monoisotopic (exact) mass is 349 g/mol. The average Bonchev–Trinajstić information content (AvgIpc) is 2.92. The van der Waals surface area contributed by atoms with Crippen LogP contribution in [-0.4, -0.2) is 30.5 Å². The van der Waals surface area contributed by atoms with Crippen LogP contribution in [0.15, 0.2) is 0 Å². The largest absolute Gasteiger partial charge is 0.453 e. The molecule has 0 aliphatic heterocycles. The van der Waals surface area contributed by atoms with E-state index in [2.05, 4.69) is 19.2 Å². The third-order valence-corrected chi connectivity index (χ3v) is 9.12. The SMILES string of the molecule is COC(=O)N[C@H]1CC[C@@H]2[C@H]3CC[C@H]4C[C@@H](O)CC[C@]4(C)[C@@H]3CC[C@@]12C. The van der Waals surface area contributed by atoms with Gasteiger partial charge in [0.1, 0.15) is 0 Å². The fraction of sp³-hybridized carbons (Fsp3) is 0.952. The van der Waals surface area contributed by atoms with Gasteiger partial charge in [-0.3, -0.25) is 0 Å². The number of hydrogen-bond donors (Lipinski definition) is 2. The summed E-state index contributed by atoms with van der Waals surface area (Å²) in [6.45, 7) is 4.95. The second-order valence-corrected chi connectivity index (χ2v) is 9.90. The van der Waals surface area contributed by atoms with Crippen molar-refractivity contribution in [2.24, 2.45) is 34.5 Å². The second-order valence-electron chi connectivity index (χ2n) is 9.90. The van der Waals surface area contributed by atoms with Gasteiger partial charge in [-0.1, -0.05) is 13.8 Å². The van der Waals surface area contributed by atoms with E-state index in [1.807, 2.05) is 0 Å². The van der Waals surface area contributed by atoms with Crippen molar-refractivity contribution < 1.29 is 14.6 Å². The summed E-state index contributed by atoms with van der Waals surface area (Å²) in [5, 5.41) is 13.3. The standard InChI is InChI=1S/C21H35NO3/c1-20-10-8-14(23)12-13(20)4-5-15-16-6-7-18(22-19(24)25-3)21(16,2)11-9-17(15)20/h13-18,23H,4-12H2,1-3H3,(H,22,24)/t13-,14-,15+,16+,17+,18-,20-,21+/m0/s1. The average molecular weight is 350 g/mol. The molecule has 4 fully saturated rings. The molecule has 0 bridgehead atoms. The van der Waals surface area contributed by atoms with Crippen molar-refractivity contribution in [1.29, 1.82) is 0 Å². The van der Waals surface area contributed by atoms with Crippen LogP contribution >= 0.6 is 0 Å². The Kier molecular flexibility index (Phi) is 4.33. The summed E-state index contributed by atoms with van der Waals surface area (Å²) >= 11 is 0. The topological polar surface area (TPSA) is 58.6 Å². The number of amides is 1. The van der Waals surface area contributed by atoms with Crippen molar-refractivity contribution in [3.8, 4) is 0 Å². The van der Waals surface area contributed by atoms with Crippen molar-refractivity contribution in [1.82, 2.24) is 5.32 Å². The van der Waals surface area contributed by atoms with E-state index >= 15 is 0 Å². The molecule has 2 N–H and O–H groups in total. The Balaban J connectivity index is 1.55. The normalized spacial score (nSPS) is 51.8. The van der Waals surface area contributed by atoms with E-state index < -0.39 is 0 Å². The molecule has 0 aromatic rings. The maximum Gasteiger partial charge on any atom is 0.407 e. The molecule has 4 heteroatoms. The Morgan fingerprint density at radius 3 is 2.48 bits per heavy atom. The van der Waals surface area contributed by atoms with E-state index in [0.717, 1.165) is 37.0 Å². The summed E-state index contributed by atoms with van der Waals surface area (Å²) in [5.74, 6) is 3.07. The second kappa shape index (κ2) is 6.14. The zero-order valence-corrected chi connectivity index (χ0v) is 16.1. The van der Waals surface area contributed by atoms with Gasteiger partial charge in [0.25, 0.3) is 0 Å². The van der Waals surface area contributed by atoms with Gasteiger partial charge in [-0.25, -0.2) is 4.79 Å². The van der Waals surface area contributed by atoms with Gasteiger partial charge < -0.3 is 15.2 Å². The third-order valence-electron chi connectivity index (χ3n) is 9.12. The number of nitrogens with one attached hydrogen (secondary N) is 1. The lowest BCUT2D eigenvalue weighted by Crippen LogP contribution is -2.56. The lowest BCUT2D eigenvalue weighted by molar-refractivity contribution is -0.123. The molecule has 25 heavy (non-hydrogen) atoms. The highest BCUT2D eigenvalue weighted by Gasteiger charge is 2.60. The van der Waals surface area contributed by atoms with Crippen LogP contribution < -0.4 is 5.32 Å². The zero-order chi connectivity index (χ0) is 17.8. The fourth-order valence-electron chi connectivity index (χ4n) is 7.67. The van der Waals surface area contributed by atoms with Gasteiger partial charge in [0.15, 0.2) is 0 Å². The van der Waals surface area contributed by atoms with E-state index in [9.17, 15) is 9.90 Å². The van der Waals surface area contributed by atoms with Gasteiger partial charge in [-0.2, -0.15) is 0 Å². The van der Waals surface area contributed by atoms with Crippen LogP contribution in [0.25, 0.3) is 0 Å². The predicted octanol–water partition coefficient (Wildman–Crippen LogP) is 4.11. The number of hydrogen-bond acceptors (Lipinski definition) is 3. The van der Waals surface area contributed by atoms with Crippen LogP contribution in [0.2, 0.25) is 0 Å². The van der Waals surface area contributed by atoms with Crippen molar-refractivity contribution in [3.05, 3.63) is 0 Å². The predicted molar refractivity (Wildman–Crippen MR) is 97.1 cm³/mol. The molecule has 0 saturated heterocycles. The quantitative estimate of drug-likeness (QED) is 0.749. The number of aliphatic hydroxyl groups is 1. The Labute approximate surface area is 152 Å². The van der Waals surface area contributed by atoms with Gasteiger partial charge in [-0.05, 0) is 92.3 Å². The van der Waals surface area contributed by atoms with E-state index in [0.29, 0.717) is 11.3 Å². The molecule has 4 nitrogen and oxygen atoms in total. The number of aliphatic hydroxyl groups excluding tert-OH is 1. The number of methoxy groups -OCH3 is 1. The molecule has 0 unspecified atom stereocenters. The van der Waals surface area contributed by atoms with Crippen LogP contribution in [-0.2, 0) is 4.74 Å². The number of fused-ring (bicyclic) bond motifs is 5. The van der Waals surface area contributed by atoms with Crippen LogP contribution in [0.1, 0.15) is 71.6 Å². The van der Waals surface area contributed by atoms with Crippen LogP contribution in [0.4, 0.5) is 4.79 Å². The first-order chi connectivity index (χ1) is 11.9. The Morgan fingerprint density at radius 2 is 1.72 bits per heavy atom. The van der Waals surface area contributed by atoms with Crippen molar-refractivity contribution in [3.63, 3.8) is 0 Å². The van der Waals surface area contributed by atoms with Crippen molar-refractivity contribution in [2.45, 2.75) is 83.8 Å². The fourth-order valence-corrected chi connectivity index (χ4v) is 7.67. The lowest BCUT2D eigenvalue weighted by atomic mass is 9.45. The minimum Gasteiger partial charge on any atom is -0.453 e. The van der Waals surface area contributed by atoms with Gasteiger partial charge in [-0.15, -0.1) is 0 Å². The molecule has 0 heterocycles. The first kappa shape index (κ1) is 17.6. The number of rotatable bonds is 1. The smallest absolute Gasteiger partial charge is 0.407 e. The first-order valence-corrected chi connectivity index (χ1v) is 10.4. The summed E-state index contributed by atoms with van der Waals surface area (Å²) < 4.78 is 4.87. The van der Waals surface area contributed by atoms with E-state index in [1.54, 1.807) is 0 Å². The zero-order valence-electron chi connectivity index (χ0n) is 16.1. The molecule has 0 spiro atoms. The van der Waals surface area contributed by atoms with Crippen LogP contribution in [0.3, 0.4) is 0 Å². The molecule has 0 radical (unpaired) electrons. The molecule has 0 aromatic carbocycles. The number of ether oxygens (including phenoxy) is 1. The molecule has 0 aromatic heterocycles. The molecule has 4 rings (SSSR count). The molecular formula is C21H35NO3. The van der Waals surface area contributed by atoms with Crippen LogP contribution in [0, 0.1) is 34.5 Å². The molecular weight excluding hydrogens is 314 g/mol. The minimum absolute atomic E-state index is 0.0661. The van der Waals surface area contributed by atoms with Gasteiger partial charge in [0.2, 0.25) is 0 Å². The molecule has 4 aliphatic rings. The molecule has 4 aliphatic carbocycles. The minimum atomic E-state index is -0.272. The van der Waals surface area contributed by atoms with E-state index in [1.165, 1.54) is 45.6 Å². The first-order valence-electron chi connectivity index (χ1n) is 10.4. The maximum absolute atomic E-state index is 11.8. The summed E-state index contributed by atoms with van der Waals surface area (Å²) in [7, 11) is 1.46. The lowest BCUT2D eigenvalue weighted by Gasteiger charge is -2.60. The van der Waals surface area contributed by atoms with Gasteiger partial charge in [0, 0.05) is 6.04 Å². The van der Waals surface area contributed by atoms with Crippen molar-refractivity contribution >= 4 is 6.09 Å². The Hall–Kier alpha value is -0.770. The van der Waals surface area contributed by atoms with Crippen LogP contribution in [0.5, 0.6) is 0 Å². The highest BCUT2D eigenvalue weighted by atomic mass is 16.5. The van der Waals surface area contributed by atoms with E-state index in [4.69, 9.17) is 4.74 Å². The van der Waals surface area contributed by atoms with Gasteiger partial charge in [0.05, 0.1) is 13.2 Å². The molecule has 4 saturated carbocycles.